The van der Waals surface area contributed by atoms with Gasteiger partial charge in [-0.15, -0.1) is 0 Å². The van der Waals surface area contributed by atoms with E-state index in [0.717, 1.165) is 32.1 Å². The Hall–Kier alpha value is -0.910. The number of hydrogen-bond acceptors (Lipinski definition) is 3. The van der Waals surface area contributed by atoms with Gasteiger partial charge >= 0.3 is 12.0 Å². The third-order valence-corrected chi connectivity index (χ3v) is 5.23. The first-order valence-corrected chi connectivity index (χ1v) is 8.69. The van der Waals surface area contributed by atoms with E-state index < -0.39 is 12.0 Å². The number of thioether (sulfide) groups is 1. The highest BCUT2D eigenvalue weighted by atomic mass is 32.2. The number of likely N-dealkylation sites (tertiary alicyclic amines) is 1. The van der Waals surface area contributed by atoms with Crippen molar-refractivity contribution >= 4 is 23.8 Å². The molecule has 0 saturated carbocycles. The molecule has 0 aromatic rings. The highest BCUT2D eigenvalue weighted by Gasteiger charge is 2.30. The number of nitrogens with one attached hydrogen (secondary N) is 1. The van der Waals surface area contributed by atoms with Crippen molar-refractivity contribution in [1.29, 1.82) is 0 Å². The predicted molar refractivity (Wildman–Crippen MR) is 80.0 cm³/mol. The fourth-order valence-electron chi connectivity index (χ4n) is 2.89. The van der Waals surface area contributed by atoms with E-state index in [0.29, 0.717) is 25.4 Å². The zero-order valence-electron chi connectivity index (χ0n) is 11.8. The molecule has 114 valence electrons. The van der Waals surface area contributed by atoms with Crippen molar-refractivity contribution in [2.75, 3.05) is 24.6 Å². The number of carboxylic acid groups (broad SMARTS) is 1. The van der Waals surface area contributed by atoms with Gasteiger partial charge in [-0.05, 0) is 43.1 Å². The van der Waals surface area contributed by atoms with Gasteiger partial charge in [-0.3, -0.25) is 0 Å². The molecule has 1 atom stereocenters. The van der Waals surface area contributed by atoms with Crippen LogP contribution in [0.1, 0.15) is 38.5 Å². The molecule has 0 bridgehead atoms. The summed E-state index contributed by atoms with van der Waals surface area (Å²) in [6.45, 7) is 1.24. The van der Waals surface area contributed by atoms with Crippen LogP contribution < -0.4 is 5.32 Å². The number of aliphatic carboxylic acids is 1. The SMILES string of the molecule is O=C(O)C1CCCCCN1C(=O)NCC1CCSCC1. The van der Waals surface area contributed by atoms with Crippen LogP contribution in [0, 0.1) is 5.92 Å². The third-order valence-electron chi connectivity index (χ3n) is 4.18. The lowest BCUT2D eigenvalue weighted by Crippen LogP contribution is -2.50. The van der Waals surface area contributed by atoms with E-state index in [1.165, 1.54) is 16.4 Å². The Bertz CT molecular complexity index is 345. The molecule has 0 aliphatic carbocycles. The Balaban J connectivity index is 1.86. The van der Waals surface area contributed by atoms with Crippen LogP contribution in [-0.4, -0.2) is 52.6 Å². The number of rotatable bonds is 3. The number of hydrogen-bond donors (Lipinski definition) is 2. The highest BCUT2D eigenvalue weighted by molar-refractivity contribution is 7.99. The lowest BCUT2D eigenvalue weighted by atomic mass is 10.0. The second kappa shape index (κ2) is 7.76. The summed E-state index contributed by atoms with van der Waals surface area (Å²) in [5.74, 6) is 2.01. The number of carbonyl (C=O) groups is 2. The summed E-state index contributed by atoms with van der Waals surface area (Å²) in [5.41, 5.74) is 0. The Labute approximate surface area is 124 Å². The molecule has 2 heterocycles. The van der Waals surface area contributed by atoms with Gasteiger partial charge in [0.25, 0.3) is 0 Å². The maximum atomic E-state index is 12.3. The van der Waals surface area contributed by atoms with Crippen LogP contribution >= 0.6 is 11.8 Å². The van der Waals surface area contributed by atoms with Crippen LogP contribution in [0.2, 0.25) is 0 Å². The van der Waals surface area contributed by atoms with Gasteiger partial charge in [0.05, 0.1) is 0 Å². The molecule has 2 fully saturated rings. The van der Waals surface area contributed by atoms with E-state index in [-0.39, 0.29) is 6.03 Å². The third kappa shape index (κ3) is 4.30. The molecule has 2 aliphatic heterocycles. The van der Waals surface area contributed by atoms with Crippen molar-refractivity contribution < 1.29 is 14.7 Å². The molecule has 20 heavy (non-hydrogen) atoms. The summed E-state index contributed by atoms with van der Waals surface area (Å²) < 4.78 is 0. The number of carboxylic acids is 1. The quantitative estimate of drug-likeness (QED) is 0.838. The van der Waals surface area contributed by atoms with Gasteiger partial charge in [0.1, 0.15) is 6.04 Å². The van der Waals surface area contributed by atoms with Gasteiger partial charge in [-0.2, -0.15) is 11.8 Å². The van der Waals surface area contributed by atoms with E-state index in [2.05, 4.69) is 5.32 Å². The van der Waals surface area contributed by atoms with Crippen LogP contribution in [0.3, 0.4) is 0 Å². The molecular weight excluding hydrogens is 276 g/mol. The van der Waals surface area contributed by atoms with Crippen LogP contribution in [0.5, 0.6) is 0 Å². The molecule has 2 N–H and O–H groups in total. The van der Waals surface area contributed by atoms with Gasteiger partial charge < -0.3 is 15.3 Å². The number of urea groups is 1. The Kier molecular flexibility index (Phi) is 6.01. The summed E-state index contributed by atoms with van der Waals surface area (Å²) in [6, 6.07) is -0.850. The first-order valence-electron chi connectivity index (χ1n) is 7.53. The second-order valence-corrected chi connectivity index (χ2v) is 6.86. The van der Waals surface area contributed by atoms with Crippen molar-refractivity contribution in [2.45, 2.75) is 44.6 Å². The standard InChI is InChI=1S/C14H24N2O3S/c17-13(18)12-4-2-1-3-7-16(12)14(19)15-10-11-5-8-20-9-6-11/h11-12H,1-10H2,(H,15,19)(H,17,18). The minimum Gasteiger partial charge on any atom is -0.480 e. The van der Waals surface area contributed by atoms with Crippen LogP contribution in [0.25, 0.3) is 0 Å². The summed E-state index contributed by atoms with van der Waals surface area (Å²) in [6.07, 6.45) is 5.66. The Morgan fingerprint density at radius 2 is 1.90 bits per heavy atom. The number of nitrogens with zero attached hydrogens (tertiary/aromatic N) is 1. The van der Waals surface area contributed by atoms with Gasteiger partial charge in [0.15, 0.2) is 0 Å². The molecule has 6 heteroatoms. The van der Waals surface area contributed by atoms with Crippen molar-refractivity contribution in [3.63, 3.8) is 0 Å². The van der Waals surface area contributed by atoms with Gasteiger partial charge in [0, 0.05) is 13.1 Å². The van der Waals surface area contributed by atoms with Crippen LogP contribution in [0.4, 0.5) is 4.79 Å². The van der Waals surface area contributed by atoms with Crippen LogP contribution in [-0.2, 0) is 4.79 Å². The number of carbonyl (C=O) groups excluding carboxylic acids is 1. The lowest BCUT2D eigenvalue weighted by Gasteiger charge is -2.28. The first-order chi connectivity index (χ1) is 9.68. The zero-order valence-corrected chi connectivity index (χ0v) is 12.7. The van der Waals surface area contributed by atoms with Crippen molar-refractivity contribution in [3.05, 3.63) is 0 Å². The number of amides is 2. The minimum absolute atomic E-state index is 0.197. The highest BCUT2D eigenvalue weighted by Crippen LogP contribution is 2.22. The van der Waals surface area contributed by atoms with Gasteiger partial charge in [-0.25, -0.2) is 9.59 Å². The van der Waals surface area contributed by atoms with Crippen molar-refractivity contribution in [2.24, 2.45) is 5.92 Å². The summed E-state index contributed by atoms with van der Waals surface area (Å²) in [4.78, 5) is 25.1. The van der Waals surface area contributed by atoms with Crippen LogP contribution in [0.15, 0.2) is 0 Å². The van der Waals surface area contributed by atoms with Crippen molar-refractivity contribution in [3.8, 4) is 0 Å². The lowest BCUT2D eigenvalue weighted by molar-refractivity contribution is -0.142. The smallest absolute Gasteiger partial charge is 0.326 e. The Morgan fingerprint density at radius 3 is 2.60 bits per heavy atom. The summed E-state index contributed by atoms with van der Waals surface area (Å²) >= 11 is 1.97. The summed E-state index contributed by atoms with van der Waals surface area (Å²) in [7, 11) is 0. The monoisotopic (exact) mass is 300 g/mol. The molecule has 1 unspecified atom stereocenters. The molecule has 5 nitrogen and oxygen atoms in total. The second-order valence-electron chi connectivity index (χ2n) is 5.64. The van der Waals surface area contributed by atoms with E-state index in [1.807, 2.05) is 11.8 Å². The molecular formula is C14H24N2O3S. The summed E-state index contributed by atoms with van der Waals surface area (Å²) in [5, 5.41) is 12.2. The van der Waals surface area contributed by atoms with Gasteiger partial charge in [-0.1, -0.05) is 12.8 Å². The van der Waals surface area contributed by atoms with Crippen molar-refractivity contribution in [1.82, 2.24) is 10.2 Å². The van der Waals surface area contributed by atoms with E-state index >= 15 is 0 Å². The minimum atomic E-state index is -0.879. The van der Waals surface area contributed by atoms with E-state index in [9.17, 15) is 14.7 Å². The average molecular weight is 300 g/mol. The molecule has 0 radical (unpaired) electrons. The average Bonchev–Trinajstić information content (AvgIpc) is 2.71. The maximum absolute atomic E-state index is 12.3. The molecule has 2 rings (SSSR count). The first kappa shape index (κ1) is 15.5. The molecule has 2 amide bonds. The molecule has 0 aromatic carbocycles. The fraction of sp³-hybridized carbons (Fsp3) is 0.857. The molecule has 2 saturated heterocycles. The van der Waals surface area contributed by atoms with E-state index in [1.54, 1.807) is 0 Å². The topological polar surface area (TPSA) is 69.6 Å². The predicted octanol–water partition coefficient (Wildman–Crippen LogP) is 2.17. The van der Waals surface area contributed by atoms with Gasteiger partial charge in [0.2, 0.25) is 0 Å². The fourth-order valence-corrected chi connectivity index (χ4v) is 4.10. The largest absolute Gasteiger partial charge is 0.480 e. The normalized spacial score (nSPS) is 25.0. The Morgan fingerprint density at radius 1 is 1.15 bits per heavy atom. The maximum Gasteiger partial charge on any atom is 0.326 e. The molecule has 2 aliphatic rings. The zero-order chi connectivity index (χ0) is 14.4. The van der Waals surface area contributed by atoms with E-state index in [4.69, 9.17) is 0 Å². The molecule has 0 aromatic heterocycles. The molecule has 0 spiro atoms.